The van der Waals surface area contributed by atoms with Crippen molar-refractivity contribution >= 4 is 33.9 Å². The molecule has 0 spiro atoms. The zero-order valence-corrected chi connectivity index (χ0v) is 13.9. The summed E-state index contributed by atoms with van der Waals surface area (Å²) in [6.45, 7) is 3.45. The van der Waals surface area contributed by atoms with E-state index < -0.39 is 0 Å². The van der Waals surface area contributed by atoms with Gasteiger partial charge in [0, 0.05) is 41.1 Å². The number of rotatable bonds is 4. The van der Waals surface area contributed by atoms with E-state index in [1.807, 2.05) is 55.5 Å². The lowest BCUT2D eigenvalue weighted by Crippen LogP contribution is -2.05. The molecule has 0 aliphatic carbocycles. The standard InChI is InChI=1S/C19H19N3O2/c1-12-9-18(17-8-7-16(24-3)11-19(17)20-12)22-15-6-4-5-14(10-15)21-13(2)23/h4-11H,1-3H3,(H,20,22)(H,21,23). The lowest BCUT2D eigenvalue weighted by molar-refractivity contribution is -0.114. The van der Waals surface area contributed by atoms with Gasteiger partial charge in [0.05, 0.1) is 12.6 Å². The number of fused-ring (bicyclic) bond motifs is 1. The first-order valence-corrected chi connectivity index (χ1v) is 7.65. The summed E-state index contributed by atoms with van der Waals surface area (Å²) in [6, 6.07) is 15.4. The number of carbonyl (C=O) groups excluding carboxylic acids is 1. The SMILES string of the molecule is COc1ccc2c(Nc3cccc(NC(C)=O)c3)cc(C)nc2c1. The molecule has 3 aromatic rings. The van der Waals surface area contributed by atoms with Crippen LogP contribution in [0.25, 0.3) is 10.9 Å². The largest absolute Gasteiger partial charge is 0.497 e. The summed E-state index contributed by atoms with van der Waals surface area (Å²) in [4.78, 5) is 15.8. The maximum absolute atomic E-state index is 11.2. The number of nitrogens with zero attached hydrogens (tertiary/aromatic N) is 1. The number of hydrogen-bond acceptors (Lipinski definition) is 4. The Morgan fingerprint density at radius 3 is 2.62 bits per heavy atom. The summed E-state index contributed by atoms with van der Waals surface area (Å²) >= 11 is 0. The number of amides is 1. The predicted octanol–water partition coefficient (Wildman–Crippen LogP) is 4.25. The summed E-state index contributed by atoms with van der Waals surface area (Å²) in [6.07, 6.45) is 0. The molecule has 0 aliphatic rings. The number of aryl methyl sites for hydroxylation is 1. The van der Waals surface area contributed by atoms with E-state index in [9.17, 15) is 4.79 Å². The van der Waals surface area contributed by atoms with Crippen molar-refractivity contribution in [3.05, 3.63) is 54.2 Å². The zero-order chi connectivity index (χ0) is 17.1. The first-order valence-electron chi connectivity index (χ1n) is 7.65. The second-order valence-corrected chi connectivity index (χ2v) is 5.58. The van der Waals surface area contributed by atoms with E-state index in [1.54, 1.807) is 7.11 Å². The molecule has 0 fully saturated rings. The molecule has 3 rings (SSSR count). The molecule has 2 aromatic carbocycles. The fraction of sp³-hybridized carbons (Fsp3) is 0.158. The summed E-state index contributed by atoms with van der Waals surface area (Å²) in [7, 11) is 1.64. The highest BCUT2D eigenvalue weighted by Crippen LogP contribution is 2.29. The molecule has 2 N–H and O–H groups in total. The van der Waals surface area contributed by atoms with Gasteiger partial charge in [-0.3, -0.25) is 9.78 Å². The van der Waals surface area contributed by atoms with Gasteiger partial charge >= 0.3 is 0 Å². The Hall–Kier alpha value is -3.08. The molecule has 5 heteroatoms. The Kier molecular flexibility index (Phi) is 4.33. The molecule has 1 heterocycles. The second kappa shape index (κ2) is 6.58. The van der Waals surface area contributed by atoms with E-state index in [2.05, 4.69) is 15.6 Å². The van der Waals surface area contributed by atoms with Crippen molar-refractivity contribution in [1.82, 2.24) is 4.98 Å². The first kappa shape index (κ1) is 15.8. The van der Waals surface area contributed by atoms with Crippen molar-refractivity contribution in [2.45, 2.75) is 13.8 Å². The van der Waals surface area contributed by atoms with Gasteiger partial charge in [-0.1, -0.05) is 6.07 Å². The second-order valence-electron chi connectivity index (χ2n) is 5.58. The smallest absolute Gasteiger partial charge is 0.221 e. The Morgan fingerprint density at radius 2 is 1.88 bits per heavy atom. The molecular weight excluding hydrogens is 302 g/mol. The molecule has 1 amide bonds. The highest BCUT2D eigenvalue weighted by molar-refractivity contribution is 5.94. The zero-order valence-electron chi connectivity index (χ0n) is 13.9. The van der Waals surface area contributed by atoms with Crippen LogP contribution in [-0.2, 0) is 4.79 Å². The maximum atomic E-state index is 11.2. The van der Waals surface area contributed by atoms with Gasteiger partial charge in [-0.05, 0) is 43.3 Å². The molecule has 0 unspecified atom stereocenters. The van der Waals surface area contributed by atoms with Crippen LogP contribution >= 0.6 is 0 Å². The highest BCUT2D eigenvalue weighted by atomic mass is 16.5. The van der Waals surface area contributed by atoms with Crippen LogP contribution in [0.1, 0.15) is 12.6 Å². The number of hydrogen-bond donors (Lipinski definition) is 2. The van der Waals surface area contributed by atoms with Crippen LogP contribution in [0.2, 0.25) is 0 Å². The first-order chi connectivity index (χ1) is 11.5. The Bertz CT molecular complexity index is 906. The Balaban J connectivity index is 1.99. The van der Waals surface area contributed by atoms with Crippen molar-refractivity contribution in [3.8, 4) is 5.75 Å². The van der Waals surface area contributed by atoms with Crippen molar-refractivity contribution in [2.75, 3.05) is 17.7 Å². The molecule has 24 heavy (non-hydrogen) atoms. The topological polar surface area (TPSA) is 63.2 Å². The van der Waals surface area contributed by atoms with Crippen LogP contribution in [0.4, 0.5) is 17.1 Å². The molecule has 1 aromatic heterocycles. The fourth-order valence-corrected chi connectivity index (χ4v) is 2.60. The molecule has 5 nitrogen and oxygen atoms in total. The van der Waals surface area contributed by atoms with Crippen LogP contribution in [0.5, 0.6) is 5.75 Å². The van der Waals surface area contributed by atoms with E-state index in [-0.39, 0.29) is 5.91 Å². The predicted molar refractivity (Wildman–Crippen MR) is 97.1 cm³/mol. The van der Waals surface area contributed by atoms with Crippen LogP contribution in [0.15, 0.2) is 48.5 Å². The molecule has 122 valence electrons. The maximum Gasteiger partial charge on any atom is 0.221 e. The van der Waals surface area contributed by atoms with E-state index in [4.69, 9.17) is 4.74 Å². The van der Waals surface area contributed by atoms with Gasteiger partial charge in [0.2, 0.25) is 5.91 Å². The van der Waals surface area contributed by atoms with Crippen LogP contribution in [0.3, 0.4) is 0 Å². The van der Waals surface area contributed by atoms with Gasteiger partial charge in [0.25, 0.3) is 0 Å². The van der Waals surface area contributed by atoms with Crippen molar-refractivity contribution in [1.29, 1.82) is 0 Å². The van der Waals surface area contributed by atoms with E-state index >= 15 is 0 Å². The van der Waals surface area contributed by atoms with Gasteiger partial charge < -0.3 is 15.4 Å². The third kappa shape index (κ3) is 3.46. The van der Waals surface area contributed by atoms with Gasteiger partial charge in [-0.25, -0.2) is 0 Å². The molecule has 0 saturated carbocycles. The van der Waals surface area contributed by atoms with Gasteiger partial charge in [-0.2, -0.15) is 0 Å². The molecule has 0 aliphatic heterocycles. The third-order valence-corrected chi connectivity index (χ3v) is 3.61. The minimum atomic E-state index is -0.0931. The van der Waals surface area contributed by atoms with Gasteiger partial charge in [-0.15, -0.1) is 0 Å². The molecule has 0 radical (unpaired) electrons. The lowest BCUT2D eigenvalue weighted by Gasteiger charge is -2.13. The quantitative estimate of drug-likeness (QED) is 0.754. The fourth-order valence-electron chi connectivity index (χ4n) is 2.60. The monoisotopic (exact) mass is 321 g/mol. The number of anilines is 3. The third-order valence-electron chi connectivity index (χ3n) is 3.61. The van der Waals surface area contributed by atoms with E-state index in [1.165, 1.54) is 6.92 Å². The minimum Gasteiger partial charge on any atom is -0.497 e. The summed E-state index contributed by atoms with van der Waals surface area (Å²) in [5, 5.41) is 7.20. The van der Waals surface area contributed by atoms with Crippen molar-refractivity contribution < 1.29 is 9.53 Å². The van der Waals surface area contributed by atoms with Crippen LogP contribution < -0.4 is 15.4 Å². The highest BCUT2D eigenvalue weighted by Gasteiger charge is 2.07. The number of aromatic nitrogens is 1. The minimum absolute atomic E-state index is 0.0931. The number of carbonyl (C=O) groups is 1. The number of ether oxygens (including phenoxy) is 1. The van der Waals surface area contributed by atoms with E-state index in [0.717, 1.165) is 39.4 Å². The van der Waals surface area contributed by atoms with Crippen molar-refractivity contribution in [2.24, 2.45) is 0 Å². The summed E-state index contributed by atoms with van der Waals surface area (Å²) in [5.74, 6) is 0.684. The Labute approximate surface area is 140 Å². The summed E-state index contributed by atoms with van der Waals surface area (Å²) < 4.78 is 5.27. The number of pyridine rings is 1. The van der Waals surface area contributed by atoms with Crippen molar-refractivity contribution in [3.63, 3.8) is 0 Å². The molecule has 0 saturated heterocycles. The van der Waals surface area contributed by atoms with E-state index in [0.29, 0.717) is 0 Å². The molecular formula is C19H19N3O2. The normalized spacial score (nSPS) is 10.5. The van der Waals surface area contributed by atoms with Gasteiger partial charge in [0.1, 0.15) is 5.75 Å². The average molecular weight is 321 g/mol. The lowest BCUT2D eigenvalue weighted by atomic mass is 10.1. The van der Waals surface area contributed by atoms with Crippen LogP contribution in [0, 0.1) is 6.92 Å². The number of methoxy groups -OCH3 is 1. The number of benzene rings is 2. The van der Waals surface area contributed by atoms with Crippen LogP contribution in [-0.4, -0.2) is 18.0 Å². The molecule has 0 bridgehead atoms. The average Bonchev–Trinajstić information content (AvgIpc) is 2.53. The Morgan fingerprint density at radius 1 is 1.08 bits per heavy atom. The molecule has 0 atom stereocenters. The number of nitrogens with one attached hydrogen (secondary N) is 2. The van der Waals surface area contributed by atoms with Gasteiger partial charge in [0.15, 0.2) is 0 Å². The summed E-state index contributed by atoms with van der Waals surface area (Å²) in [5.41, 5.74) is 4.39.